The highest BCUT2D eigenvalue weighted by atomic mass is 16.5. The summed E-state index contributed by atoms with van der Waals surface area (Å²) in [6.45, 7) is 2.64. The standard InChI is InChI=1S/C29H30N2O4/c1-3-4-10-25(20-8-6-5-7-9-20)28(32)30-24-14-13-21-15-16-31(26(21)18-24)19-23-12-11-22(29(33)34)17-27(23)35-2/h5-9,11-18,25H,3-4,10,19H2,1-2H3,(H,30,32)(H,33,34). The zero-order valence-corrected chi connectivity index (χ0v) is 20.0. The van der Waals surface area contributed by atoms with Crippen LogP contribution in [0.2, 0.25) is 0 Å². The molecular weight excluding hydrogens is 440 g/mol. The molecule has 1 unspecified atom stereocenters. The van der Waals surface area contributed by atoms with Crippen LogP contribution in [0.3, 0.4) is 0 Å². The molecule has 0 bridgehead atoms. The average Bonchev–Trinajstić information content (AvgIpc) is 3.27. The van der Waals surface area contributed by atoms with E-state index in [1.165, 1.54) is 13.2 Å². The lowest BCUT2D eigenvalue weighted by Crippen LogP contribution is -2.21. The second-order valence-corrected chi connectivity index (χ2v) is 8.64. The number of hydrogen-bond acceptors (Lipinski definition) is 3. The number of aromatic nitrogens is 1. The van der Waals surface area contributed by atoms with Crippen molar-refractivity contribution in [2.45, 2.75) is 38.6 Å². The Kier molecular flexibility index (Phi) is 7.51. The molecule has 1 heterocycles. The van der Waals surface area contributed by atoms with Gasteiger partial charge in [-0.15, -0.1) is 0 Å². The predicted molar refractivity (Wildman–Crippen MR) is 138 cm³/mol. The number of methoxy groups -OCH3 is 1. The molecule has 1 atom stereocenters. The van der Waals surface area contributed by atoms with Crippen molar-refractivity contribution in [2.24, 2.45) is 0 Å². The van der Waals surface area contributed by atoms with Crippen molar-refractivity contribution in [3.63, 3.8) is 0 Å². The van der Waals surface area contributed by atoms with Crippen molar-refractivity contribution in [1.82, 2.24) is 4.57 Å². The highest BCUT2D eigenvalue weighted by molar-refractivity contribution is 5.97. The Morgan fingerprint density at radius 3 is 2.54 bits per heavy atom. The Hall–Kier alpha value is -4.06. The molecule has 0 aliphatic heterocycles. The molecule has 0 aliphatic rings. The first-order valence-electron chi connectivity index (χ1n) is 11.8. The lowest BCUT2D eigenvalue weighted by Gasteiger charge is -2.17. The zero-order valence-electron chi connectivity index (χ0n) is 20.0. The summed E-state index contributed by atoms with van der Waals surface area (Å²) < 4.78 is 7.50. The van der Waals surface area contributed by atoms with E-state index in [1.807, 2.05) is 60.8 Å². The Morgan fingerprint density at radius 1 is 1.03 bits per heavy atom. The second-order valence-electron chi connectivity index (χ2n) is 8.64. The van der Waals surface area contributed by atoms with E-state index in [-0.39, 0.29) is 17.4 Å². The molecule has 0 aliphatic carbocycles. The van der Waals surface area contributed by atoms with Crippen LogP contribution in [0, 0.1) is 0 Å². The van der Waals surface area contributed by atoms with Gasteiger partial charge in [-0.25, -0.2) is 4.79 Å². The Morgan fingerprint density at radius 2 is 1.83 bits per heavy atom. The van der Waals surface area contributed by atoms with E-state index in [1.54, 1.807) is 12.1 Å². The fraction of sp³-hybridized carbons (Fsp3) is 0.241. The van der Waals surface area contributed by atoms with Crippen LogP contribution in [-0.2, 0) is 11.3 Å². The van der Waals surface area contributed by atoms with E-state index >= 15 is 0 Å². The summed E-state index contributed by atoms with van der Waals surface area (Å²) in [7, 11) is 1.54. The van der Waals surface area contributed by atoms with Gasteiger partial charge >= 0.3 is 5.97 Å². The number of nitrogens with zero attached hydrogens (tertiary/aromatic N) is 1. The van der Waals surface area contributed by atoms with Gasteiger partial charge in [0.2, 0.25) is 5.91 Å². The van der Waals surface area contributed by atoms with Crippen molar-refractivity contribution in [1.29, 1.82) is 0 Å². The van der Waals surface area contributed by atoms with Gasteiger partial charge in [0.25, 0.3) is 0 Å². The van der Waals surface area contributed by atoms with E-state index in [4.69, 9.17) is 4.74 Å². The number of hydrogen-bond donors (Lipinski definition) is 2. The van der Waals surface area contributed by atoms with E-state index in [2.05, 4.69) is 16.8 Å². The number of aromatic carboxylic acids is 1. The summed E-state index contributed by atoms with van der Waals surface area (Å²) in [5.41, 5.74) is 3.79. The predicted octanol–water partition coefficient (Wildman–Crippen LogP) is 6.31. The quantitative estimate of drug-likeness (QED) is 0.285. The maximum atomic E-state index is 13.3. The SMILES string of the molecule is CCCCC(C(=O)Nc1ccc2ccn(Cc3ccc(C(=O)O)cc3OC)c2c1)c1ccccc1. The zero-order chi connectivity index (χ0) is 24.8. The van der Waals surface area contributed by atoms with E-state index in [0.29, 0.717) is 12.3 Å². The maximum Gasteiger partial charge on any atom is 0.335 e. The van der Waals surface area contributed by atoms with Gasteiger partial charge in [-0.2, -0.15) is 0 Å². The number of carboxylic acid groups (broad SMARTS) is 1. The number of carbonyl (C=O) groups excluding carboxylic acids is 1. The minimum absolute atomic E-state index is 0.00645. The third-order valence-corrected chi connectivity index (χ3v) is 6.28. The summed E-state index contributed by atoms with van der Waals surface area (Å²) in [5, 5.41) is 13.4. The number of nitrogens with one attached hydrogen (secondary N) is 1. The van der Waals surface area contributed by atoms with Crippen LogP contribution in [0.15, 0.2) is 79.0 Å². The lowest BCUT2D eigenvalue weighted by atomic mass is 9.92. The average molecular weight is 471 g/mol. The number of carbonyl (C=O) groups is 2. The number of anilines is 1. The van der Waals surface area contributed by atoms with Gasteiger partial charge in [0.15, 0.2) is 0 Å². The van der Waals surface area contributed by atoms with Crippen LogP contribution in [0.25, 0.3) is 10.9 Å². The first-order valence-corrected chi connectivity index (χ1v) is 11.8. The second kappa shape index (κ2) is 10.9. The first-order chi connectivity index (χ1) is 17.0. The normalized spacial score (nSPS) is 11.8. The van der Waals surface area contributed by atoms with Gasteiger partial charge < -0.3 is 19.7 Å². The summed E-state index contributed by atoms with van der Waals surface area (Å²) in [6, 6.07) is 22.7. The van der Waals surface area contributed by atoms with Crippen LogP contribution >= 0.6 is 0 Å². The highest BCUT2D eigenvalue weighted by Gasteiger charge is 2.20. The van der Waals surface area contributed by atoms with Gasteiger partial charge in [-0.05, 0) is 47.7 Å². The molecule has 35 heavy (non-hydrogen) atoms. The molecule has 1 amide bonds. The van der Waals surface area contributed by atoms with Crippen molar-refractivity contribution >= 4 is 28.5 Å². The van der Waals surface area contributed by atoms with Crippen LogP contribution < -0.4 is 10.1 Å². The third kappa shape index (κ3) is 5.54. The molecule has 0 fully saturated rings. The van der Waals surface area contributed by atoms with Gasteiger partial charge in [-0.1, -0.05) is 62.2 Å². The molecular formula is C29H30N2O4. The van der Waals surface area contributed by atoms with Crippen molar-refractivity contribution in [2.75, 3.05) is 12.4 Å². The maximum absolute atomic E-state index is 13.3. The van der Waals surface area contributed by atoms with Crippen LogP contribution in [-0.4, -0.2) is 28.7 Å². The molecule has 6 nitrogen and oxygen atoms in total. The Balaban J connectivity index is 1.58. The Labute approximate surface area is 205 Å². The number of benzene rings is 3. The van der Waals surface area contributed by atoms with Crippen LogP contribution in [0.1, 0.15) is 53.6 Å². The number of rotatable bonds is 10. The molecule has 0 spiro atoms. The summed E-state index contributed by atoms with van der Waals surface area (Å²) in [6.07, 6.45) is 4.80. The largest absolute Gasteiger partial charge is 0.496 e. The van der Waals surface area contributed by atoms with E-state index < -0.39 is 5.97 Å². The van der Waals surface area contributed by atoms with Crippen LogP contribution in [0.5, 0.6) is 5.75 Å². The fourth-order valence-corrected chi connectivity index (χ4v) is 4.36. The van der Waals surface area contributed by atoms with Crippen molar-refractivity contribution in [3.05, 3.63) is 95.7 Å². The topological polar surface area (TPSA) is 80.6 Å². The fourth-order valence-electron chi connectivity index (χ4n) is 4.36. The Bertz CT molecular complexity index is 1330. The molecule has 1 aromatic heterocycles. The molecule has 180 valence electrons. The minimum Gasteiger partial charge on any atom is -0.496 e. The highest BCUT2D eigenvalue weighted by Crippen LogP contribution is 2.28. The number of carboxylic acids is 1. The summed E-state index contributed by atoms with van der Waals surface area (Å²) in [5.74, 6) is -0.670. The van der Waals surface area contributed by atoms with Crippen molar-refractivity contribution in [3.8, 4) is 5.75 Å². The van der Waals surface area contributed by atoms with Gasteiger partial charge in [0.1, 0.15) is 5.75 Å². The van der Waals surface area contributed by atoms with Crippen molar-refractivity contribution < 1.29 is 19.4 Å². The molecule has 4 rings (SSSR count). The smallest absolute Gasteiger partial charge is 0.335 e. The van der Waals surface area contributed by atoms with Gasteiger partial charge in [0.05, 0.1) is 30.7 Å². The van der Waals surface area contributed by atoms with E-state index in [0.717, 1.165) is 47.0 Å². The molecule has 0 saturated carbocycles. The van der Waals surface area contributed by atoms with Gasteiger partial charge in [-0.3, -0.25) is 4.79 Å². The lowest BCUT2D eigenvalue weighted by molar-refractivity contribution is -0.117. The molecule has 0 radical (unpaired) electrons. The van der Waals surface area contributed by atoms with Gasteiger partial charge in [0, 0.05) is 17.4 Å². The molecule has 6 heteroatoms. The van der Waals surface area contributed by atoms with Crippen LogP contribution in [0.4, 0.5) is 5.69 Å². The number of amides is 1. The summed E-state index contributed by atoms with van der Waals surface area (Å²) in [4.78, 5) is 24.6. The number of fused-ring (bicyclic) bond motifs is 1. The number of unbranched alkanes of at least 4 members (excludes halogenated alkanes) is 1. The third-order valence-electron chi connectivity index (χ3n) is 6.28. The van der Waals surface area contributed by atoms with E-state index in [9.17, 15) is 14.7 Å². The monoisotopic (exact) mass is 470 g/mol. The minimum atomic E-state index is -0.991. The molecule has 3 aromatic carbocycles. The molecule has 2 N–H and O–H groups in total. The molecule has 4 aromatic rings. The first kappa shape index (κ1) is 24.1. The number of ether oxygens (including phenoxy) is 1. The summed E-state index contributed by atoms with van der Waals surface area (Å²) >= 11 is 0. The molecule has 0 saturated heterocycles.